The fourth-order valence-corrected chi connectivity index (χ4v) is 1.67. The number of piperidine rings is 1. The van der Waals surface area contributed by atoms with Crippen LogP contribution in [0.1, 0.15) is 19.8 Å². The molecule has 0 aliphatic carbocycles. The summed E-state index contributed by atoms with van der Waals surface area (Å²) in [5.41, 5.74) is 0. The summed E-state index contributed by atoms with van der Waals surface area (Å²) in [6.45, 7) is 4.00. The van der Waals surface area contributed by atoms with E-state index in [4.69, 9.17) is 0 Å². The normalized spacial score (nSPS) is 21.1. The van der Waals surface area contributed by atoms with Crippen molar-refractivity contribution in [2.24, 2.45) is 0 Å². The standard InChI is InChI=1S/C9H18N2OS/c1-7(13-2)9(12)11-8-3-5-10-6-4-8/h7-8,10H,3-6H2,1-2H3,(H,11,12). The van der Waals surface area contributed by atoms with Gasteiger partial charge < -0.3 is 10.6 Å². The van der Waals surface area contributed by atoms with Crippen molar-refractivity contribution in [3.8, 4) is 0 Å². The molecule has 0 aromatic heterocycles. The van der Waals surface area contributed by atoms with E-state index in [9.17, 15) is 4.79 Å². The first kappa shape index (κ1) is 10.9. The molecule has 76 valence electrons. The van der Waals surface area contributed by atoms with Gasteiger partial charge in [0.05, 0.1) is 5.25 Å². The van der Waals surface area contributed by atoms with Crippen LogP contribution in [-0.2, 0) is 4.79 Å². The SMILES string of the molecule is CSC(C)C(=O)NC1CCNCC1. The van der Waals surface area contributed by atoms with Crippen molar-refractivity contribution in [3.63, 3.8) is 0 Å². The van der Waals surface area contributed by atoms with Gasteiger partial charge in [-0.1, -0.05) is 0 Å². The Morgan fingerprint density at radius 2 is 2.15 bits per heavy atom. The highest BCUT2D eigenvalue weighted by atomic mass is 32.2. The highest BCUT2D eigenvalue weighted by Crippen LogP contribution is 2.07. The molecule has 0 bridgehead atoms. The number of carbonyl (C=O) groups excluding carboxylic acids is 1. The van der Waals surface area contributed by atoms with Crippen LogP contribution in [0.15, 0.2) is 0 Å². The molecule has 1 saturated heterocycles. The van der Waals surface area contributed by atoms with Crippen LogP contribution in [0.2, 0.25) is 0 Å². The van der Waals surface area contributed by atoms with Crippen molar-refractivity contribution in [2.45, 2.75) is 31.1 Å². The first-order chi connectivity index (χ1) is 6.24. The lowest BCUT2D eigenvalue weighted by molar-refractivity contribution is -0.121. The van der Waals surface area contributed by atoms with Gasteiger partial charge in [0.25, 0.3) is 0 Å². The van der Waals surface area contributed by atoms with Gasteiger partial charge in [-0.3, -0.25) is 4.79 Å². The summed E-state index contributed by atoms with van der Waals surface area (Å²) < 4.78 is 0. The monoisotopic (exact) mass is 202 g/mol. The number of thioether (sulfide) groups is 1. The fourth-order valence-electron chi connectivity index (χ4n) is 1.39. The smallest absolute Gasteiger partial charge is 0.233 e. The zero-order chi connectivity index (χ0) is 9.68. The van der Waals surface area contributed by atoms with Gasteiger partial charge in [0.2, 0.25) is 5.91 Å². The molecule has 1 unspecified atom stereocenters. The van der Waals surface area contributed by atoms with Gasteiger partial charge >= 0.3 is 0 Å². The summed E-state index contributed by atoms with van der Waals surface area (Å²) in [5, 5.41) is 6.42. The predicted molar refractivity (Wildman–Crippen MR) is 57.0 cm³/mol. The molecule has 3 nitrogen and oxygen atoms in total. The lowest BCUT2D eigenvalue weighted by Gasteiger charge is -2.24. The maximum absolute atomic E-state index is 11.5. The molecule has 13 heavy (non-hydrogen) atoms. The summed E-state index contributed by atoms with van der Waals surface area (Å²) >= 11 is 1.59. The predicted octanol–water partition coefficient (Wildman–Crippen LogP) is 0.606. The van der Waals surface area contributed by atoms with E-state index in [0.717, 1.165) is 25.9 Å². The van der Waals surface area contributed by atoms with Gasteiger partial charge in [-0.25, -0.2) is 0 Å². The molecule has 1 atom stereocenters. The van der Waals surface area contributed by atoms with Crippen molar-refractivity contribution in [1.82, 2.24) is 10.6 Å². The summed E-state index contributed by atoms with van der Waals surface area (Å²) in [4.78, 5) is 11.5. The molecule has 0 saturated carbocycles. The van der Waals surface area contributed by atoms with E-state index in [-0.39, 0.29) is 11.2 Å². The van der Waals surface area contributed by atoms with E-state index in [2.05, 4.69) is 10.6 Å². The maximum atomic E-state index is 11.5. The van der Waals surface area contributed by atoms with Crippen molar-refractivity contribution in [1.29, 1.82) is 0 Å². The van der Waals surface area contributed by atoms with Crippen LogP contribution in [0.25, 0.3) is 0 Å². The van der Waals surface area contributed by atoms with Crippen molar-refractivity contribution in [3.05, 3.63) is 0 Å². The van der Waals surface area contributed by atoms with Crippen LogP contribution < -0.4 is 10.6 Å². The van der Waals surface area contributed by atoms with Gasteiger partial charge in [0.15, 0.2) is 0 Å². The first-order valence-corrected chi connectivity index (χ1v) is 6.06. The number of rotatable bonds is 3. The molecule has 4 heteroatoms. The highest BCUT2D eigenvalue weighted by Gasteiger charge is 2.18. The zero-order valence-electron chi connectivity index (χ0n) is 8.30. The summed E-state index contributed by atoms with van der Waals surface area (Å²) in [6.07, 6.45) is 4.09. The number of hydrogen-bond donors (Lipinski definition) is 2. The van der Waals surface area contributed by atoms with Crippen molar-refractivity contribution in [2.75, 3.05) is 19.3 Å². The molecule has 1 heterocycles. The van der Waals surface area contributed by atoms with Crippen LogP contribution in [-0.4, -0.2) is 36.5 Å². The Kier molecular flexibility index (Phi) is 4.59. The third kappa shape index (κ3) is 3.56. The molecule has 0 spiro atoms. The van der Waals surface area contributed by atoms with Crippen LogP contribution in [0.5, 0.6) is 0 Å². The minimum atomic E-state index is 0.0786. The Hall–Kier alpha value is -0.220. The van der Waals surface area contributed by atoms with E-state index in [1.165, 1.54) is 0 Å². The minimum absolute atomic E-state index is 0.0786. The van der Waals surface area contributed by atoms with E-state index in [0.29, 0.717) is 6.04 Å². The lowest BCUT2D eigenvalue weighted by Crippen LogP contribution is -2.45. The average Bonchev–Trinajstić information content (AvgIpc) is 2.18. The van der Waals surface area contributed by atoms with Crippen LogP contribution >= 0.6 is 11.8 Å². The molecule has 0 radical (unpaired) electrons. The molecule has 1 aliphatic heterocycles. The summed E-state index contributed by atoms with van der Waals surface area (Å²) in [5.74, 6) is 0.180. The van der Waals surface area contributed by atoms with Gasteiger partial charge in [-0.15, -0.1) is 0 Å². The van der Waals surface area contributed by atoms with E-state index in [1.54, 1.807) is 11.8 Å². The second kappa shape index (κ2) is 5.50. The molecular weight excluding hydrogens is 184 g/mol. The molecule has 1 amide bonds. The number of hydrogen-bond acceptors (Lipinski definition) is 3. The van der Waals surface area contributed by atoms with Gasteiger partial charge in [0.1, 0.15) is 0 Å². The Labute approximate surface area is 84.0 Å². The fraction of sp³-hybridized carbons (Fsp3) is 0.889. The van der Waals surface area contributed by atoms with E-state index < -0.39 is 0 Å². The Bertz CT molecular complexity index is 169. The highest BCUT2D eigenvalue weighted by molar-refractivity contribution is 7.99. The third-order valence-corrected chi connectivity index (χ3v) is 3.33. The minimum Gasteiger partial charge on any atom is -0.352 e. The average molecular weight is 202 g/mol. The second-order valence-corrected chi connectivity index (χ2v) is 4.59. The topological polar surface area (TPSA) is 41.1 Å². The molecule has 2 N–H and O–H groups in total. The van der Waals surface area contributed by atoms with Crippen molar-refractivity contribution < 1.29 is 4.79 Å². The van der Waals surface area contributed by atoms with E-state index in [1.807, 2.05) is 13.2 Å². The lowest BCUT2D eigenvalue weighted by atomic mass is 10.1. The quantitative estimate of drug-likeness (QED) is 0.704. The summed E-state index contributed by atoms with van der Waals surface area (Å²) in [6, 6.07) is 0.392. The number of amides is 1. The molecule has 0 aromatic carbocycles. The van der Waals surface area contributed by atoms with Gasteiger partial charge in [0, 0.05) is 6.04 Å². The van der Waals surface area contributed by atoms with Crippen LogP contribution in [0.4, 0.5) is 0 Å². The third-order valence-electron chi connectivity index (χ3n) is 2.41. The first-order valence-electron chi connectivity index (χ1n) is 4.78. The van der Waals surface area contributed by atoms with Crippen LogP contribution in [0.3, 0.4) is 0 Å². The molecule has 1 aliphatic rings. The van der Waals surface area contributed by atoms with Crippen LogP contribution in [0, 0.1) is 0 Å². The Morgan fingerprint density at radius 1 is 1.54 bits per heavy atom. The van der Waals surface area contributed by atoms with E-state index >= 15 is 0 Å². The maximum Gasteiger partial charge on any atom is 0.233 e. The number of carbonyl (C=O) groups is 1. The zero-order valence-corrected chi connectivity index (χ0v) is 9.12. The molecule has 1 fully saturated rings. The summed E-state index contributed by atoms with van der Waals surface area (Å²) in [7, 11) is 0. The number of nitrogens with one attached hydrogen (secondary N) is 2. The van der Waals surface area contributed by atoms with Gasteiger partial charge in [-0.05, 0) is 39.1 Å². The Morgan fingerprint density at radius 3 is 2.69 bits per heavy atom. The molecule has 1 rings (SSSR count). The molecular formula is C9H18N2OS. The largest absolute Gasteiger partial charge is 0.352 e. The molecule has 0 aromatic rings. The second-order valence-electron chi connectivity index (χ2n) is 3.41. The van der Waals surface area contributed by atoms with Gasteiger partial charge in [-0.2, -0.15) is 11.8 Å². The van der Waals surface area contributed by atoms with Crippen molar-refractivity contribution >= 4 is 17.7 Å². The Balaban J connectivity index is 2.26.